The number of fused-ring (bicyclic) bond motifs is 3. The summed E-state index contributed by atoms with van der Waals surface area (Å²) in [6.07, 6.45) is 7.02. The second-order valence-electron chi connectivity index (χ2n) is 7.89. The number of aromatic amines is 1. The van der Waals surface area contributed by atoms with Crippen LogP contribution in [0, 0.1) is 0 Å². The summed E-state index contributed by atoms with van der Waals surface area (Å²) in [4.78, 5) is 27.5. The molecule has 1 saturated heterocycles. The zero-order valence-electron chi connectivity index (χ0n) is 15.4. The molecular formula is C19H25N5OS2. The topological polar surface area (TPSA) is 64.3 Å². The highest BCUT2D eigenvalue weighted by Gasteiger charge is 2.26. The summed E-state index contributed by atoms with van der Waals surface area (Å²) in [5.74, 6) is 0.790. The van der Waals surface area contributed by atoms with Crippen LogP contribution in [-0.4, -0.2) is 57.1 Å². The fourth-order valence-corrected chi connectivity index (χ4v) is 5.73. The maximum atomic E-state index is 12.7. The van der Waals surface area contributed by atoms with Gasteiger partial charge in [0.25, 0.3) is 5.56 Å². The molecule has 3 heterocycles. The van der Waals surface area contributed by atoms with Crippen LogP contribution in [0.15, 0.2) is 4.79 Å². The first-order chi connectivity index (χ1) is 13.2. The first-order valence-electron chi connectivity index (χ1n) is 9.98. The Hall–Kier alpha value is -1.51. The van der Waals surface area contributed by atoms with Gasteiger partial charge in [-0.3, -0.25) is 9.69 Å². The molecule has 0 bridgehead atoms. The van der Waals surface area contributed by atoms with Crippen LogP contribution < -0.4 is 10.9 Å². The molecule has 0 aromatic carbocycles. The molecule has 2 aliphatic carbocycles. The minimum Gasteiger partial charge on any atom is -0.360 e. The Morgan fingerprint density at radius 2 is 2.00 bits per heavy atom. The summed E-state index contributed by atoms with van der Waals surface area (Å²) < 4.78 is 0. The number of nitrogens with zero attached hydrogens (tertiary/aromatic N) is 3. The molecule has 1 aliphatic heterocycles. The third-order valence-corrected chi connectivity index (χ3v) is 7.37. The summed E-state index contributed by atoms with van der Waals surface area (Å²) in [5.41, 5.74) is 1.30. The van der Waals surface area contributed by atoms with E-state index >= 15 is 0 Å². The van der Waals surface area contributed by atoms with Crippen molar-refractivity contribution >= 4 is 38.9 Å². The van der Waals surface area contributed by atoms with Crippen molar-refractivity contribution in [1.82, 2.24) is 25.1 Å². The van der Waals surface area contributed by atoms with Crippen LogP contribution in [0.4, 0.5) is 0 Å². The lowest BCUT2D eigenvalue weighted by molar-refractivity contribution is 0.171. The lowest BCUT2D eigenvalue weighted by Gasteiger charge is -2.36. The Balaban J connectivity index is 1.26. The first-order valence-corrected chi connectivity index (χ1v) is 11.2. The summed E-state index contributed by atoms with van der Waals surface area (Å²) in [7, 11) is 0. The molecule has 27 heavy (non-hydrogen) atoms. The van der Waals surface area contributed by atoms with E-state index in [1.54, 1.807) is 11.3 Å². The normalized spacial score (nSPS) is 20.7. The van der Waals surface area contributed by atoms with Gasteiger partial charge in [-0.2, -0.15) is 0 Å². The van der Waals surface area contributed by atoms with Crippen molar-refractivity contribution in [1.29, 1.82) is 0 Å². The van der Waals surface area contributed by atoms with Crippen LogP contribution in [0.2, 0.25) is 0 Å². The van der Waals surface area contributed by atoms with Crippen molar-refractivity contribution in [2.45, 2.75) is 51.1 Å². The molecule has 3 aliphatic rings. The molecule has 0 unspecified atom stereocenters. The Kier molecular flexibility index (Phi) is 4.65. The maximum Gasteiger partial charge on any atom is 0.259 e. The standard InChI is InChI=1S/C19H25N5OS2/c25-17-16-13-3-1-2-4-14(13)27-18(16)22-15(21-17)11-23-7-9-24(10-8-23)19(26)20-12-5-6-12/h12H,1-11H2,(H,20,26)(H,21,22,25). The first kappa shape index (κ1) is 17.6. The number of aromatic nitrogens is 2. The number of hydrogen-bond donors (Lipinski definition) is 2. The average Bonchev–Trinajstić information content (AvgIpc) is 3.39. The number of aryl methyl sites for hydroxylation is 2. The lowest BCUT2D eigenvalue weighted by Crippen LogP contribution is -2.51. The molecule has 6 nitrogen and oxygen atoms in total. The lowest BCUT2D eigenvalue weighted by atomic mass is 9.97. The largest absolute Gasteiger partial charge is 0.360 e. The Morgan fingerprint density at radius 3 is 2.78 bits per heavy atom. The van der Waals surface area contributed by atoms with Gasteiger partial charge in [0.15, 0.2) is 5.11 Å². The van der Waals surface area contributed by atoms with Gasteiger partial charge in [0.2, 0.25) is 0 Å². The molecular weight excluding hydrogens is 378 g/mol. The second-order valence-corrected chi connectivity index (χ2v) is 9.36. The summed E-state index contributed by atoms with van der Waals surface area (Å²) >= 11 is 7.23. The van der Waals surface area contributed by atoms with Gasteiger partial charge in [-0.25, -0.2) is 4.98 Å². The van der Waals surface area contributed by atoms with Gasteiger partial charge in [-0.1, -0.05) is 0 Å². The zero-order valence-corrected chi connectivity index (χ0v) is 17.1. The molecule has 2 aromatic heterocycles. The third-order valence-electron chi connectivity index (χ3n) is 5.81. The molecule has 144 valence electrons. The SMILES string of the molecule is O=c1[nH]c(CN2CCN(C(=S)NC3CC3)CC2)nc2sc3c(c12)CCCC3. The van der Waals surface area contributed by atoms with Crippen molar-refractivity contribution in [3.63, 3.8) is 0 Å². The van der Waals surface area contributed by atoms with Gasteiger partial charge in [0.1, 0.15) is 10.7 Å². The van der Waals surface area contributed by atoms with E-state index in [1.807, 2.05) is 0 Å². The van der Waals surface area contributed by atoms with E-state index in [-0.39, 0.29) is 5.56 Å². The molecule has 0 spiro atoms. The van der Waals surface area contributed by atoms with E-state index in [0.717, 1.165) is 60.2 Å². The van der Waals surface area contributed by atoms with Crippen LogP contribution in [0.25, 0.3) is 10.2 Å². The molecule has 1 saturated carbocycles. The molecule has 2 fully saturated rings. The van der Waals surface area contributed by atoms with Crippen LogP contribution in [0.5, 0.6) is 0 Å². The number of hydrogen-bond acceptors (Lipinski definition) is 5. The smallest absolute Gasteiger partial charge is 0.259 e. The van der Waals surface area contributed by atoms with E-state index in [0.29, 0.717) is 12.6 Å². The summed E-state index contributed by atoms with van der Waals surface area (Å²) in [6, 6.07) is 0.605. The highest BCUT2D eigenvalue weighted by Crippen LogP contribution is 2.33. The number of rotatable bonds is 3. The number of thiophene rings is 1. The van der Waals surface area contributed by atoms with Crippen molar-refractivity contribution in [3.05, 3.63) is 26.6 Å². The minimum absolute atomic E-state index is 0.0443. The molecule has 5 rings (SSSR count). The minimum atomic E-state index is 0.0443. The zero-order chi connectivity index (χ0) is 18.4. The number of piperazine rings is 1. The van der Waals surface area contributed by atoms with E-state index in [4.69, 9.17) is 17.2 Å². The molecule has 0 atom stereocenters. The molecule has 0 amide bonds. The fourth-order valence-electron chi connectivity index (χ4n) is 4.10. The van der Waals surface area contributed by atoms with Gasteiger partial charge in [0.05, 0.1) is 11.9 Å². The number of nitrogens with one attached hydrogen (secondary N) is 2. The molecule has 2 aromatic rings. The van der Waals surface area contributed by atoms with Crippen molar-refractivity contribution in [2.24, 2.45) is 0 Å². The van der Waals surface area contributed by atoms with Gasteiger partial charge in [0, 0.05) is 37.1 Å². The predicted octanol–water partition coefficient (Wildman–Crippen LogP) is 2.02. The molecule has 0 radical (unpaired) electrons. The average molecular weight is 404 g/mol. The van der Waals surface area contributed by atoms with Crippen molar-refractivity contribution in [3.8, 4) is 0 Å². The third kappa shape index (κ3) is 3.62. The highest BCUT2D eigenvalue weighted by molar-refractivity contribution is 7.80. The van der Waals surface area contributed by atoms with E-state index in [1.165, 1.54) is 36.1 Å². The Morgan fingerprint density at radius 1 is 1.22 bits per heavy atom. The molecule has 8 heteroatoms. The van der Waals surface area contributed by atoms with E-state index in [9.17, 15) is 4.79 Å². The van der Waals surface area contributed by atoms with Crippen LogP contribution in [0.1, 0.15) is 41.9 Å². The quantitative estimate of drug-likeness (QED) is 0.765. The van der Waals surface area contributed by atoms with Crippen LogP contribution >= 0.6 is 23.6 Å². The van der Waals surface area contributed by atoms with Gasteiger partial charge in [-0.15, -0.1) is 11.3 Å². The van der Waals surface area contributed by atoms with Crippen LogP contribution in [0.3, 0.4) is 0 Å². The Bertz CT molecular complexity index is 924. The van der Waals surface area contributed by atoms with E-state index < -0.39 is 0 Å². The second kappa shape index (κ2) is 7.14. The van der Waals surface area contributed by atoms with Crippen molar-refractivity contribution in [2.75, 3.05) is 26.2 Å². The molecule has 2 N–H and O–H groups in total. The van der Waals surface area contributed by atoms with Gasteiger partial charge in [-0.05, 0) is 56.3 Å². The van der Waals surface area contributed by atoms with E-state index in [2.05, 4.69) is 20.1 Å². The summed E-state index contributed by atoms with van der Waals surface area (Å²) in [6.45, 7) is 4.44. The monoisotopic (exact) mass is 403 g/mol. The van der Waals surface area contributed by atoms with Gasteiger partial charge < -0.3 is 15.2 Å². The highest BCUT2D eigenvalue weighted by atomic mass is 32.1. The summed E-state index contributed by atoms with van der Waals surface area (Å²) in [5, 5.41) is 5.16. The fraction of sp³-hybridized carbons (Fsp3) is 0.632. The van der Waals surface area contributed by atoms with Crippen LogP contribution in [-0.2, 0) is 19.4 Å². The van der Waals surface area contributed by atoms with Gasteiger partial charge >= 0.3 is 0 Å². The number of H-pyrrole nitrogens is 1. The Labute approximate surface area is 168 Å². The predicted molar refractivity (Wildman–Crippen MR) is 112 cm³/mol. The maximum absolute atomic E-state index is 12.7. The number of thiocarbonyl (C=S) groups is 1. The van der Waals surface area contributed by atoms with Crippen molar-refractivity contribution < 1.29 is 0 Å².